The first-order chi connectivity index (χ1) is 7.61. The van der Waals surface area contributed by atoms with Crippen LogP contribution < -0.4 is 4.74 Å². The van der Waals surface area contributed by atoms with E-state index >= 15 is 0 Å². The molecule has 84 valence electrons. The summed E-state index contributed by atoms with van der Waals surface area (Å²) >= 11 is 0. The summed E-state index contributed by atoms with van der Waals surface area (Å²) < 4.78 is 5.05. The van der Waals surface area contributed by atoms with Gasteiger partial charge in [-0.1, -0.05) is 0 Å². The van der Waals surface area contributed by atoms with E-state index in [-0.39, 0.29) is 5.69 Å². The fourth-order valence-corrected chi connectivity index (χ4v) is 1.54. The van der Waals surface area contributed by atoms with Gasteiger partial charge < -0.3 is 19.9 Å². The van der Waals surface area contributed by atoms with Crippen molar-refractivity contribution in [1.82, 2.24) is 4.98 Å². The molecule has 0 aliphatic rings. The van der Waals surface area contributed by atoms with E-state index in [9.17, 15) is 9.90 Å². The summed E-state index contributed by atoms with van der Waals surface area (Å²) in [7, 11) is 1.56. The third-order valence-corrected chi connectivity index (χ3v) is 2.38. The summed E-state index contributed by atoms with van der Waals surface area (Å²) in [5.41, 5.74) is 1.02. The number of nitrogens with one attached hydrogen (secondary N) is 1. The molecule has 1 heterocycles. The molecule has 0 aliphatic carbocycles. The molecule has 1 unspecified atom stereocenters. The molecule has 2 rings (SSSR count). The van der Waals surface area contributed by atoms with Crippen LogP contribution in [-0.4, -0.2) is 28.3 Å². The standard InChI is InChI=1S/C11H11NO4/c1-16-7-2-3-8-6(4-7)5-9(12-8)10(13)11(14)15/h2-5,10,12-13H,1H3,(H,14,15). The first-order valence-electron chi connectivity index (χ1n) is 4.69. The summed E-state index contributed by atoms with van der Waals surface area (Å²) in [6.45, 7) is 0. The molecule has 0 saturated heterocycles. The van der Waals surface area contributed by atoms with Crippen LogP contribution in [0.3, 0.4) is 0 Å². The Morgan fingerprint density at radius 2 is 2.19 bits per heavy atom. The molecule has 0 radical (unpaired) electrons. The van der Waals surface area contributed by atoms with Gasteiger partial charge in [-0.15, -0.1) is 0 Å². The van der Waals surface area contributed by atoms with E-state index in [0.29, 0.717) is 5.75 Å². The molecule has 0 spiro atoms. The molecule has 1 aromatic carbocycles. The highest BCUT2D eigenvalue weighted by atomic mass is 16.5. The molecule has 1 aromatic heterocycles. The number of hydrogen-bond acceptors (Lipinski definition) is 3. The van der Waals surface area contributed by atoms with Crippen LogP contribution in [0.1, 0.15) is 11.8 Å². The van der Waals surface area contributed by atoms with Crippen LogP contribution >= 0.6 is 0 Å². The zero-order chi connectivity index (χ0) is 11.7. The number of rotatable bonds is 3. The lowest BCUT2D eigenvalue weighted by atomic mass is 10.2. The topological polar surface area (TPSA) is 82.5 Å². The Kier molecular flexibility index (Phi) is 2.54. The van der Waals surface area contributed by atoms with Crippen LogP contribution in [0.2, 0.25) is 0 Å². The number of fused-ring (bicyclic) bond motifs is 1. The third-order valence-electron chi connectivity index (χ3n) is 2.38. The van der Waals surface area contributed by atoms with Crippen LogP contribution in [0.25, 0.3) is 10.9 Å². The van der Waals surface area contributed by atoms with Gasteiger partial charge >= 0.3 is 5.97 Å². The highest BCUT2D eigenvalue weighted by Crippen LogP contribution is 2.24. The first kappa shape index (κ1) is 10.5. The van der Waals surface area contributed by atoms with Gasteiger partial charge in [0.05, 0.1) is 12.8 Å². The maximum absolute atomic E-state index is 10.6. The second-order valence-corrected chi connectivity index (χ2v) is 3.42. The molecule has 5 heteroatoms. The number of aliphatic hydroxyl groups excluding tert-OH is 1. The minimum absolute atomic E-state index is 0.260. The highest BCUT2D eigenvalue weighted by Gasteiger charge is 2.18. The number of aromatic amines is 1. The summed E-state index contributed by atoms with van der Waals surface area (Å²) in [5.74, 6) is -0.596. The number of carboxylic acids is 1. The number of carbonyl (C=O) groups is 1. The van der Waals surface area contributed by atoms with Gasteiger partial charge in [0, 0.05) is 10.9 Å². The quantitative estimate of drug-likeness (QED) is 0.729. The Morgan fingerprint density at radius 1 is 1.44 bits per heavy atom. The van der Waals surface area contributed by atoms with E-state index < -0.39 is 12.1 Å². The van der Waals surface area contributed by atoms with Crippen molar-refractivity contribution in [1.29, 1.82) is 0 Å². The summed E-state index contributed by atoms with van der Waals surface area (Å²) in [6.07, 6.45) is -1.53. The van der Waals surface area contributed by atoms with E-state index in [4.69, 9.17) is 9.84 Å². The molecule has 1 atom stereocenters. The molecule has 16 heavy (non-hydrogen) atoms. The normalized spacial score (nSPS) is 12.6. The van der Waals surface area contributed by atoms with E-state index in [2.05, 4.69) is 4.98 Å². The van der Waals surface area contributed by atoms with Crippen molar-refractivity contribution in [2.75, 3.05) is 7.11 Å². The molecule has 0 saturated carbocycles. The number of aliphatic hydroxyl groups is 1. The zero-order valence-corrected chi connectivity index (χ0v) is 8.60. The van der Waals surface area contributed by atoms with E-state index in [1.807, 2.05) is 0 Å². The maximum Gasteiger partial charge on any atom is 0.338 e. The molecule has 3 N–H and O–H groups in total. The third kappa shape index (κ3) is 1.72. The van der Waals surface area contributed by atoms with Crippen molar-refractivity contribution >= 4 is 16.9 Å². The molecular weight excluding hydrogens is 210 g/mol. The minimum atomic E-state index is -1.53. The number of methoxy groups -OCH3 is 1. The highest BCUT2D eigenvalue weighted by molar-refractivity contribution is 5.84. The van der Waals surface area contributed by atoms with Gasteiger partial charge in [-0.3, -0.25) is 0 Å². The minimum Gasteiger partial charge on any atom is -0.497 e. The number of carboxylic acid groups (broad SMARTS) is 1. The zero-order valence-electron chi connectivity index (χ0n) is 8.60. The Morgan fingerprint density at radius 3 is 2.81 bits per heavy atom. The lowest BCUT2D eigenvalue weighted by molar-refractivity contribution is -0.147. The largest absolute Gasteiger partial charge is 0.497 e. The fourth-order valence-electron chi connectivity index (χ4n) is 1.54. The Labute approximate surface area is 91.3 Å². The second-order valence-electron chi connectivity index (χ2n) is 3.42. The Bertz CT molecular complexity index is 532. The predicted octanol–water partition coefficient (Wildman–Crippen LogP) is 1.29. The first-order valence-corrected chi connectivity index (χ1v) is 4.69. The summed E-state index contributed by atoms with van der Waals surface area (Å²) in [6, 6.07) is 6.89. The fraction of sp³-hybridized carbons (Fsp3) is 0.182. The van der Waals surface area contributed by atoms with E-state index in [0.717, 1.165) is 10.9 Å². The number of H-pyrrole nitrogens is 1. The van der Waals surface area contributed by atoms with E-state index in [1.165, 1.54) is 0 Å². The number of aliphatic carboxylic acids is 1. The van der Waals surface area contributed by atoms with Gasteiger partial charge in [-0.05, 0) is 24.3 Å². The van der Waals surface area contributed by atoms with Crippen LogP contribution in [0, 0.1) is 0 Å². The molecule has 5 nitrogen and oxygen atoms in total. The molecule has 0 aliphatic heterocycles. The summed E-state index contributed by atoms with van der Waals surface area (Å²) in [4.78, 5) is 13.4. The van der Waals surface area contributed by atoms with Crippen molar-refractivity contribution in [2.24, 2.45) is 0 Å². The molecule has 0 amide bonds. The van der Waals surface area contributed by atoms with Crippen LogP contribution in [0.15, 0.2) is 24.3 Å². The average Bonchev–Trinajstić information content (AvgIpc) is 2.69. The van der Waals surface area contributed by atoms with Crippen molar-refractivity contribution in [3.63, 3.8) is 0 Å². The van der Waals surface area contributed by atoms with Gasteiger partial charge in [0.25, 0.3) is 0 Å². The SMILES string of the molecule is COc1ccc2[nH]c(C(O)C(=O)O)cc2c1. The van der Waals surface area contributed by atoms with Crippen LogP contribution in [0.5, 0.6) is 5.75 Å². The van der Waals surface area contributed by atoms with Gasteiger partial charge in [-0.25, -0.2) is 4.79 Å². The maximum atomic E-state index is 10.6. The van der Waals surface area contributed by atoms with Crippen LogP contribution in [0.4, 0.5) is 0 Å². The average molecular weight is 221 g/mol. The van der Waals surface area contributed by atoms with Gasteiger partial charge in [-0.2, -0.15) is 0 Å². The predicted molar refractivity (Wildman–Crippen MR) is 57.4 cm³/mol. The van der Waals surface area contributed by atoms with Crippen molar-refractivity contribution < 1.29 is 19.7 Å². The molecule has 2 aromatic rings. The Balaban J connectivity index is 2.47. The van der Waals surface area contributed by atoms with Gasteiger partial charge in [0.1, 0.15) is 5.75 Å². The lowest BCUT2D eigenvalue weighted by Gasteiger charge is -2.00. The van der Waals surface area contributed by atoms with E-state index in [1.54, 1.807) is 31.4 Å². The molecule has 0 fully saturated rings. The molecular formula is C11H11NO4. The number of aromatic nitrogens is 1. The van der Waals surface area contributed by atoms with Crippen molar-refractivity contribution in [3.05, 3.63) is 30.0 Å². The van der Waals surface area contributed by atoms with Gasteiger partial charge in [0.2, 0.25) is 0 Å². The van der Waals surface area contributed by atoms with Crippen LogP contribution in [-0.2, 0) is 4.79 Å². The number of hydrogen-bond donors (Lipinski definition) is 3. The summed E-state index contributed by atoms with van der Waals surface area (Å²) in [5, 5.41) is 18.8. The molecule has 0 bridgehead atoms. The van der Waals surface area contributed by atoms with Gasteiger partial charge in [0.15, 0.2) is 6.10 Å². The smallest absolute Gasteiger partial charge is 0.338 e. The number of benzene rings is 1. The number of ether oxygens (including phenoxy) is 1. The van der Waals surface area contributed by atoms with Crippen molar-refractivity contribution in [3.8, 4) is 5.75 Å². The van der Waals surface area contributed by atoms with Crippen molar-refractivity contribution in [2.45, 2.75) is 6.10 Å². The monoisotopic (exact) mass is 221 g/mol. The second kappa shape index (κ2) is 3.86. The Hall–Kier alpha value is -2.01. The lowest BCUT2D eigenvalue weighted by Crippen LogP contribution is -2.10.